The number of hydrogen-bond donors (Lipinski definition) is 3. The van der Waals surface area contributed by atoms with Crippen LogP contribution in [0, 0.1) is 0 Å². The average molecular weight is 439 g/mol. The third-order valence-electron chi connectivity index (χ3n) is 5.42. The number of urea groups is 1. The van der Waals surface area contributed by atoms with Crippen LogP contribution < -0.4 is 16.0 Å². The fraction of sp³-hybridized carbons (Fsp3) is 0.348. The first kappa shape index (κ1) is 21.8. The molecular formula is C23H25N3O6. The van der Waals surface area contributed by atoms with Crippen molar-refractivity contribution in [1.82, 2.24) is 10.6 Å². The number of ketones is 1. The molecule has 2 heterocycles. The third-order valence-corrected chi connectivity index (χ3v) is 5.42. The number of fused-ring (bicyclic) bond motifs is 1. The lowest BCUT2D eigenvalue weighted by molar-refractivity contribution is 0.00872. The van der Waals surface area contributed by atoms with E-state index in [-0.39, 0.29) is 31.1 Å². The zero-order valence-corrected chi connectivity index (χ0v) is 17.6. The molecule has 2 aliphatic rings. The Labute approximate surface area is 185 Å². The van der Waals surface area contributed by atoms with E-state index in [4.69, 9.17) is 14.2 Å². The number of hydrogen-bond acceptors (Lipinski definition) is 6. The molecule has 4 rings (SSSR count). The van der Waals surface area contributed by atoms with E-state index in [9.17, 15) is 14.4 Å². The number of anilines is 1. The maximum absolute atomic E-state index is 12.3. The lowest BCUT2D eigenvalue weighted by atomic mass is 10.1. The van der Waals surface area contributed by atoms with Gasteiger partial charge in [-0.3, -0.25) is 10.1 Å². The zero-order valence-electron chi connectivity index (χ0n) is 17.6. The number of carbonyl (C=O) groups excluding carboxylic acids is 3. The van der Waals surface area contributed by atoms with Crippen LogP contribution >= 0.6 is 0 Å². The molecule has 32 heavy (non-hydrogen) atoms. The van der Waals surface area contributed by atoms with Crippen molar-refractivity contribution in [3.8, 4) is 0 Å². The van der Waals surface area contributed by atoms with Crippen LogP contribution in [0.3, 0.4) is 0 Å². The summed E-state index contributed by atoms with van der Waals surface area (Å²) in [7, 11) is 0. The highest BCUT2D eigenvalue weighted by atomic mass is 16.6. The summed E-state index contributed by atoms with van der Waals surface area (Å²) < 4.78 is 17.0. The van der Waals surface area contributed by atoms with Crippen molar-refractivity contribution >= 4 is 23.6 Å². The maximum atomic E-state index is 12.3. The molecule has 9 heteroatoms. The zero-order chi connectivity index (χ0) is 22.5. The summed E-state index contributed by atoms with van der Waals surface area (Å²) in [6, 6.07) is 15.5. The molecular weight excluding hydrogens is 414 g/mol. The third kappa shape index (κ3) is 5.24. The molecule has 0 bridgehead atoms. The van der Waals surface area contributed by atoms with Crippen LogP contribution in [-0.4, -0.2) is 55.5 Å². The first-order valence-electron chi connectivity index (χ1n) is 10.4. The number of carbonyl (C=O) groups is 3. The number of nitrogens with one attached hydrogen (secondary N) is 3. The molecule has 2 saturated heterocycles. The van der Waals surface area contributed by atoms with E-state index in [1.54, 1.807) is 24.3 Å². The Kier molecular flexibility index (Phi) is 6.67. The van der Waals surface area contributed by atoms with Gasteiger partial charge in [-0.25, -0.2) is 9.59 Å². The second kappa shape index (κ2) is 9.80. The highest BCUT2D eigenvalue weighted by Crippen LogP contribution is 2.29. The minimum absolute atomic E-state index is 0.0523. The highest BCUT2D eigenvalue weighted by Gasteiger charge is 2.50. The first-order valence-corrected chi connectivity index (χ1v) is 10.4. The second-order valence-electron chi connectivity index (χ2n) is 7.72. The summed E-state index contributed by atoms with van der Waals surface area (Å²) >= 11 is 0. The van der Waals surface area contributed by atoms with E-state index in [2.05, 4.69) is 16.0 Å². The topological polar surface area (TPSA) is 115 Å². The lowest BCUT2D eigenvalue weighted by Gasteiger charge is -2.18. The Morgan fingerprint density at radius 2 is 1.69 bits per heavy atom. The van der Waals surface area contributed by atoms with E-state index in [1.165, 1.54) is 6.92 Å². The number of amides is 3. The number of benzene rings is 2. The molecule has 2 fully saturated rings. The van der Waals surface area contributed by atoms with Crippen LogP contribution in [0.25, 0.3) is 0 Å². The molecule has 0 radical (unpaired) electrons. The summed E-state index contributed by atoms with van der Waals surface area (Å²) in [4.78, 5) is 35.8. The molecule has 2 aromatic rings. The monoisotopic (exact) mass is 439 g/mol. The smallest absolute Gasteiger partial charge is 0.412 e. The predicted octanol–water partition coefficient (Wildman–Crippen LogP) is 2.47. The fourth-order valence-electron chi connectivity index (χ4n) is 3.76. The highest BCUT2D eigenvalue weighted by molar-refractivity contribution is 5.95. The maximum Gasteiger partial charge on any atom is 0.412 e. The van der Waals surface area contributed by atoms with Gasteiger partial charge in [-0.2, -0.15) is 0 Å². The van der Waals surface area contributed by atoms with Gasteiger partial charge in [0.1, 0.15) is 12.2 Å². The van der Waals surface area contributed by atoms with Gasteiger partial charge in [-0.05, 0) is 36.8 Å². The van der Waals surface area contributed by atoms with Crippen LogP contribution in [0.4, 0.5) is 15.3 Å². The molecule has 0 aromatic heterocycles. The van der Waals surface area contributed by atoms with Gasteiger partial charge in [0.25, 0.3) is 0 Å². The van der Waals surface area contributed by atoms with Crippen molar-refractivity contribution in [2.75, 3.05) is 18.5 Å². The molecule has 9 nitrogen and oxygen atoms in total. The van der Waals surface area contributed by atoms with E-state index in [0.717, 1.165) is 5.56 Å². The standard InChI is InChI=1S/C23H25N3O6/c1-14(27)16-7-9-17(10-8-16)25-23(29)32-19-13-31-20-18(12-30-21(19)20)26-22(28)24-11-15-5-3-2-4-6-15/h2-10,18-21H,11-13H2,1H3,(H,25,29)(H2,24,26,28). The van der Waals surface area contributed by atoms with E-state index in [1.807, 2.05) is 30.3 Å². The van der Waals surface area contributed by atoms with Gasteiger partial charge in [0, 0.05) is 17.8 Å². The molecule has 4 unspecified atom stereocenters. The Bertz CT molecular complexity index is 965. The fourth-order valence-corrected chi connectivity index (χ4v) is 3.76. The summed E-state index contributed by atoms with van der Waals surface area (Å²) in [5, 5.41) is 8.30. The number of ether oxygens (including phenoxy) is 3. The molecule has 0 saturated carbocycles. The van der Waals surface area contributed by atoms with Crippen LogP contribution in [0.5, 0.6) is 0 Å². The van der Waals surface area contributed by atoms with Crippen molar-refractivity contribution in [2.45, 2.75) is 37.8 Å². The van der Waals surface area contributed by atoms with Gasteiger partial charge in [0.05, 0.1) is 19.3 Å². The van der Waals surface area contributed by atoms with Crippen molar-refractivity contribution in [1.29, 1.82) is 0 Å². The normalized spacial score (nSPS) is 23.8. The van der Waals surface area contributed by atoms with Crippen molar-refractivity contribution in [3.05, 3.63) is 65.7 Å². The number of Topliss-reactive ketones (excluding diaryl/α,β-unsaturated/α-hetero) is 1. The van der Waals surface area contributed by atoms with E-state index in [0.29, 0.717) is 17.8 Å². The Hall–Kier alpha value is -3.43. The molecule has 0 spiro atoms. The second-order valence-corrected chi connectivity index (χ2v) is 7.72. The summed E-state index contributed by atoms with van der Waals surface area (Å²) in [6.07, 6.45) is -2.09. The minimum Gasteiger partial charge on any atom is -0.441 e. The van der Waals surface area contributed by atoms with Crippen molar-refractivity contribution < 1.29 is 28.6 Å². The first-order chi connectivity index (χ1) is 15.5. The molecule has 4 atom stereocenters. The van der Waals surface area contributed by atoms with Gasteiger partial charge < -0.3 is 24.8 Å². The number of rotatable bonds is 6. The van der Waals surface area contributed by atoms with Gasteiger partial charge >= 0.3 is 12.1 Å². The van der Waals surface area contributed by atoms with Gasteiger partial charge in [-0.15, -0.1) is 0 Å². The van der Waals surface area contributed by atoms with Gasteiger partial charge in [0.15, 0.2) is 11.9 Å². The van der Waals surface area contributed by atoms with Crippen LogP contribution in [0.15, 0.2) is 54.6 Å². The molecule has 3 N–H and O–H groups in total. The lowest BCUT2D eigenvalue weighted by Crippen LogP contribution is -2.48. The minimum atomic E-state index is -0.643. The molecule has 3 amide bonds. The molecule has 2 aliphatic heterocycles. The SMILES string of the molecule is CC(=O)c1ccc(NC(=O)OC2COC3C(NC(=O)NCc4ccccc4)COC23)cc1. The Morgan fingerprint density at radius 1 is 0.969 bits per heavy atom. The van der Waals surface area contributed by atoms with Crippen LogP contribution in [0.1, 0.15) is 22.8 Å². The largest absolute Gasteiger partial charge is 0.441 e. The molecule has 0 aliphatic carbocycles. The summed E-state index contributed by atoms with van der Waals surface area (Å²) in [5.74, 6) is -0.0523. The Morgan fingerprint density at radius 3 is 2.41 bits per heavy atom. The predicted molar refractivity (Wildman–Crippen MR) is 115 cm³/mol. The molecule has 168 valence electrons. The van der Waals surface area contributed by atoms with Crippen molar-refractivity contribution in [2.24, 2.45) is 0 Å². The quantitative estimate of drug-likeness (QED) is 0.596. The summed E-state index contributed by atoms with van der Waals surface area (Å²) in [6.45, 7) is 2.33. The van der Waals surface area contributed by atoms with Crippen molar-refractivity contribution in [3.63, 3.8) is 0 Å². The van der Waals surface area contributed by atoms with Gasteiger partial charge in [-0.1, -0.05) is 30.3 Å². The van der Waals surface area contributed by atoms with E-state index < -0.39 is 24.4 Å². The molecule has 2 aromatic carbocycles. The average Bonchev–Trinajstić information content (AvgIpc) is 3.37. The van der Waals surface area contributed by atoms with Crippen LogP contribution in [-0.2, 0) is 20.8 Å². The Balaban J connectivity index is 1.24. The van der Waals surface area contributed by atoms with Crippen LogP contribution in [0.2, 0.25) is 0 Å². The van der Waals surface area contributed by atoms with Gasteiger partial charge in [0.2, 0.25) is 0 Å². The summed E-state index contributed by atoms with van der Waals surface area (Å²) in [5.41, 5.74) is 2.06. The van der Waals surface area contributed by atoms with E-state index >= 15 is 0 Å².